The molecule has 5 nitrogen and oxygen atoms in total. The van der Waals surface area contributed by atoms with Crippen molar-refractivity contribution in [1.82, 2.24) is 4.98 Å². The van der Waals surface area contributed by atoms with Crippen molar-refractivity contribution in [2.45, 2.75) is 13.2 Å². The molecule has 2 aromatic heterocycles. The Morgan fingerprint density at radius 2 is 2.22 bits per heavy atom. The number of rotatable bonds is 5. The standard InChI is InChI=1S/C13H13NO4/c1-16-13(15)10-4-5-11(14-7-10)8-17-9-12-3-2-6-18-12/h2-7H,8-9H2,1H3. The molecule has 2 heterocycles. The monoisotopic (exact) mass is 247 g/mol. The van der Waals surface area contributed by atoms with Gasteiger partial charge in [-0.05, 0) is 24.3 Å². The maximum atomic E-state index is 11.2. The lowest BCUT2D eigenvalue weighted by atomic mass is 10.2. The maximum absolute atomic E-state index is 11.2. The van der Waals surface area contributed by atoms with E-state index in [0.29, 0.717) is 18.8 Å². The Hall–Kier alpha value is -2.14. The summed E-state index contributed by atoms with van der Waals surface area (Å²) >= 11 is 0. The summed E-state index contributed by atoms with van der Waals surface area (Å²) in [5.41, 5.74) is 1.17. The Morgan fingerprint density at radius 1 is 1.33 bits per heavy atom. The van der Waals surface area contributed by atoms with Crippen LogP contribution in [0.1, 0.15) is 21.8 Å². The highest BCUT2D eigenvalue weighted by molar-refractivity contribution is 5.88. The second-order valence-electron chi connectivity index (χ2n) is 3.60. The molecule has 0 fully saturated rings. The summed E-state index contributed by atoms with van der Waals surface area (Å²) in [4.78, 5) is 15.3. The number of nitrogens with zero attached hydrogens (tertiary/aromatic N) is 1. The predicted octanol–water partition coefficient (Wildman–Crippen LogP) is 2.18. The molecule has 18 heavy (non-hydrogen) atoms. The first-order valence-electron chi connectivity index (χ1n) is 5.43. The number of pyridine rings is 1. The first-order chi connectivity index (χ1) is 8.79. The van der Waals surface area contributed by atoms with Crippen LogP contribution in [0.2, 0.25) is 0 Å². The quantitative estimate of drug-likeness (QED) is 0.758. The number of furan rings is 1. The lowest BCUT2D eigenvalue weighted by Gasteiger charge is -2.03. The number of carbonyl (C=O) groups is 1. The molecule has 0 unspecified atom stereocenters. The van der Waals surface area contributed by atoms with E-state index in [9.17, 15) is 4.79 Å². The van der Waals surface area contributed by atoms with E-state index >= 15 is 0 Å². The molecule has 0 aromatic carbocycles. The number of hydrogen-bond donors (Lipinski definition) is 0. The van der Waals surface area contributed by atoms with E-state index in [1.54, 1.807) is 18.4 Å². The highest BCUT2D eigenvalue weighted by Gasteiger charge is 2.05. The van der Waals surface area contributed by atoms with Crippen LogP contribution in [-0.4, -0.2) is 18.1 Å². The summed E-state index contributed by atoms with van der Waals surface area (Å²) in [6.45, 7) is 0.760. The van der Waals surface area contributed by atoms with Crippen LogP contribution in [0.4, 0.5) is 0 Å². The minimum atomic E-state index is -0.398. The van der Waals surface area contributed by atoms with Crippen LogP contribution in [0.3, 0.4) is 0 Å². The molecule has 94 valence electrons. The molecule has 0 N–H and O–H groups in total. The zero-order valence-electron chi connectivity index (χ0n) is 9.96. The number of methoxy groups -OCH3 is 1. The molecule has 2 aromatic rings. The van der Waals surface area contributed by atoms with Gasteiger partial charge in [0.15, 0.2) is 0 Å². The van der Waals surface area contributed by atoms with E-state index in [1.807, 2.05) is 12.1 Å². The van der Waals surface area contributed by atoms with Crippen molar-refractivity contribution >= 4 is 5.97 Å². The molecular formula is C13H13NO4. The number of ether oxygens (including phenoxy) is 2. The largest absolute Gasteiger partial charge is 0.467 e. The van der Waals surface area contributed by atoms with Crippen molar-refractivity contribution in [1.29, 1.82) is 0 Å². The molecule has 2 rings (SSSR count). The van der Waals surface area contributed by atoms with Crippen LogP contribution in [0.15, 0.2) is 41.1 Å². The first kappa shape index (κ1) is 12.3. The van der Waals surface area contributed by atoms with Gasteiger partial charge in [-0.2, -0.15) is 0 Å². The molecule has 0 saturated carbocycles. The minimum absolute atomic E-state index is 0.363. The van der Waals surface area contributed by atoms with Crippen molar-refractivity contribution in [3.63, 3.8) is 0 Å². The van der Waals surface area contributed by atoms with Crippen molar-refractivity contribution in [3.05, 3.63) is 53.7 Å². The van der Waals surface area contributed by atoms with Crippen LogP contribution in [-0.2, 0) is 22.7 Å². The molecule has 5 heteroatoms. The SMILES string of the molecule is COC(=O)c1ccc(COCc2ccco2)nc1. The van der Waals surface area contributed by atoms with Crippen LogP contribution in [0.5, 0.6) is 0 Å². The summed E-state index contributed by atoms with van der Waals surface area (Å²) in [5, 5.41) is 0. The van der Waals surface area contributed by atoms with Gasteiger partial charge in [0.2, 0.25) is 0 Å². The fourth-order valence-corrected chi connectivity index (χ4v) is 1.40. The van der Waals surface area contributed by atoms with Gasteiger partial charge in [0, 0.05) is 6.20 Å². The van der Waals surface area contributed by atoms with Crippen LogP contribution < -0.4 is 0 Å². The van der Waals surface area contributed by atoms with Gasteiger partial charge in [0.25, 0.3) is 0 Å². The van der Waals surface area contributed by atoms with Crippen molar-refractivity contribution < 1.29 is 18.7 Å². The fraction of sp³-hybridized carbons (Fsp3) is 0.231. The van der Waals surface area contributed by atoms with Crippen molar-refractivity contribution in [2.75, 3.05) is 7.11 Å². The smallest absolute Gasteiger partial charge is 0.339 e. The normalized spacial score (nSPS) is 10.3. The van der Waals surface area contributed by atoms with Gasteiger partial charge in [-0.3, -0.25) is 4.98 Å². The average Bonchev–Trinajstić information content (AvgIpc) is 2.92. The number of esters is 1. The van der Waals surface area contributed by atoms with Crippen molar-refractivity contribution in [3.8, 4) is 0 Å². The Kier molecular flexibility index (Phi) is 4.09. The Morgan fingerprint density at radius 3 is 2.83 bits per heavy atom. The van der Waals surface area contributed by atoms with E-state index in [0.717, 1.165) is 11.5 Å². The Balaban J connectivity index is 1.85. The van der Waals surface area contributed by atoms with E-state index in [4.69, 9.17) is 9.15 Å². The molecule has 0 radical (unpaired) electrons. The summed E-state index contributed by atoms with van der Waals surface area (Å²) in [5.74, 6) is 0.367. The molecule has 0 spiro atoms. The van der Waals surface area contributed by atoms with Gasteiger partial charge in [-0.15, -0.1) is 0 Å². The second-order valence-corrected chi connectivity index (χ2v) is 3.60. The molecule has 0 aliphatic rings. The predicted molar refractivity (Wildman–Crippen MR) is 62.8 cm³/mol. The fourth-order valence-electron chi connectivity index (χ4n) is 1.40. The Bertz CT molecular complexity index is 490. The molecule has 0 saturated heterocycles. The van der Waals surface area contributed by atoms with Crippen LogP contribution in [0, 0.1) is 0 Å². The summed E-state index contributed by atoms with van der Waals surface area (Å²) in [7, 11) is 1.34. The number of hydrogen-bond acceptors (Lipinski definition) is 5. The average molecular weight is 247 g/mol. The minimum Gasteiger partial charge on any atom is -0.467 e. The highest BCUT2D eigenvalue weighted by atomic mass is 16.5. The summed E-state index contributed by atoms with van der Waals surface area (Å²) < 4.78 is 15.1. The molecule has 0 aliphatic carbocycles. The highest BCUT2D eigenvalue weighted by Crippen LogP contribution is 2.06. The molecule has 0 amide bonds. The van der Waals surface area contributed by atoms with E-state index in [-0.39, 0.29) is 0 Å². The van der Waals surface area contributed by atoms with Crippen molar-refractivity contribution in [2.24, 2.45) is 0 Å². The third-order valence-corrected chi connectivity index (χ3v) is 2.32. The van der Waals surface area contributed by atoms with E-state index in [2.05, 4.69) is 9.72 Å². The lowest BCUT2D eigenvalue weighted by molar-refractivity contribution is 0.0599. The maximum Gasteiger partial charge on any atom is 0.339 e. The van der Waals surface area contributed by atoms with Gasteiger partial charge < -0.3 is 13.9 Å². The summed E-state index contributed by atoms with van der Waals surface area (Å²) in [6.07, 6.45) is 3.07. The molecule has 0 aliphatic heterocycles. The summed E-state index contributed by atoms with van der Waals surface area (Å²) in [6, 6.07) is 7.04. The molecule has 0 atom stereocenters. The van der Waals surface area contributed by atoms with Gasteiger partial charge in [-0.25, -0.2) is 4.79 Å². The van der Waals surface area contributed by atoms with Gasteiger partial charge >= 0.3 is 5.97 Å². The molecular weight excluding hydrogens is 234 g/mol. The molecule has 0 bridgehead atoms. The second kappa shape index (κ2) is 5.97. The topological polar surface area (TPSA) is 61.6 Å². The zero-order valence-corrected chi connectivity index (χ0v) is 9.96. The number of carbonyl (C=O) groups excluding carboxylic acids is 1. The lowest BCUT2D eigenvalue weighted by Crippen LogP contribution is -2.03. The van der Waals surface area contributed by atoms with Crippen LogP contribution >= 0.6 is 0 Å². The van der Waals surface area contributed by atoms with Crippen LogP contribution in [0.25, 0.3) is 0 Å². The van der Waals surface area contributed by atoms with Gasteiger partial charge in [-0.1, -0.05) is 0 Å². The third-order valence-electron chi connectivity index (χ3n) is 2.32. The third kappa shape index (κ3) is 3.18. The zero-order chi connectivity index (χ0) is 12.8. The number of aromatic nitrogens is 1. The first-order valence-corrected chi connectivity index (χ1v) is 5.43. The Labute approximate surface area is 104 Å². The van der Waals surface area contributed by atoms with Gasteiger partial charge in [0.1, 0.15) is 12.4 Å². The van der Waals surface area contributed by atoms with E-state index < -0.39 is 5.97 Å². The van der Waals surface area contributed by atoms with E-state index in [1.165, 1.54) is 13.3 Å². The van der Waals surface area contributed by atoms with Gasteiger partial charge in [0.05, 0.1) is 31.2 Å².